The SMILES string of the molecule is CCCCCNC(=NC)N1CCSC(C)(C)C1.I. The quantitative estimate of drug-likeness (QED) is 0.349. The van der Waals surface area contributed by atoms with E-state index in [4.69, 9.17) is 0 Å². The summed E-state index contributed by atoms with van der Waals surface area (Å²) >= 11 is 2.06. The molecule has 1 aliphatic heterocycles. The van der Waals surface area contributed by atoms with Crippen LogP contribution < -0.4 is 5.32 Å². The third-order valence-corrected chi connectivity index (χ3v) is 4.30. The number of nitrogens with zero attached hydrogens (tertiary/aromatic N) is 2. The van der Waals surface area contributed by atoms with Crippen LogP contribution in [0.4, 0.5) is 0 Å². The molecule has 3 nitrogen and oxygen atoms in total. The van der Waals surface area contributed by atoms with Gasteiger partial charge in [0.15, 0.2) is 5.96 Å². The van der Waals surface area contributed by atoms with Gasteiger partial charge in [-0.1, -0.05) is 19.8 Å². The van der Waals surface area contributed by atoms with E-state index in [0.29, 0.717) is 4.75 Å². The lowest BCUT2D eigenvalue weighted by molar-refractivity contribution is 0.375. The molecule has 18 heavy (non-hydrogen) atoms. The Kier molecular flexibility index (Phi) is 9.47. The Morgan fingerprint density at radius 2 is 2.11 bits per heavy atom. The van der Waals surface area contributed by atoms with Crippen molar-refractivity contribution in [2.45, 2.75) is 44.8 Å². The molecule has 1 heterocycles. The Hall–Kier alpha value is 0.350. The van der Waals surface area contributed by atoms with Crippen molar-refractivity contribution in [3.63, 3.8) is 0 Å². The smallest absolute Gasteiger partial charge is 0.193 e. The van der Waals surface area contributed by atoms with Gasteiger partial charge < -0.3 is 10.2 Å². The van der Waals surface area contributed by atoms with Crippen molar-refractivity contribution < 1.29 is 0 Å². The molecule has 0 aliphatic carbocycles. The van der Waals surface area contributed by atoms with Gasteiger partial charge >= 0.3 is 0 Å². The van der Waals surface area contributed by atoms with E-state index in [0.717, 1.165) is 25.6 Å². The van der Waals surface area contributed by atoms with Crippen molar-refractivity contribution >= 4 is 41.7 Å². The molecule has 1 N–H and O–H groups in total. The second-order valence-corrected chi connectivity index (χ2v) is 7.01. The van der Waals surface area contributed by atoms with Crippen LogP contribution in [0.5, 0.6) is 0 Å². The number of nitrogens with one attached hydrogen (secondary N) is 1. The highest BCUT2D eigenvalue weighted by Crippen LogP contribution is 2.29. The Morgan fingerprint density at radius 1 is 1.39 bits per heavy atom. The molecule has 0 spiro atoms. The molecule has 108 valence electrons. The first-order valence-electron chi connectivity index (χ1n) is 6.68. The van der Waals surface area contributed by atoms with Gasteiger partial charge in [0.1, 0.15) is 0 Å². The van der Waals surface area contributed by atoms with Crippen molar-refractivity contribution in [2.75, 3.05) is 32.4 Å². The van der Waals surface area contributed by atoms with E-state index in [2.05, 4.69) is 47.7 Å². The number of unbranched alkanes of at least 4 members (excludes halogenated alkanes) is 2. The van der Waals surface area contributed by atoms with E-state index in [-0.39, 0.29) is 24.0 Å². The first-order valence-corrected chi connectivity index (χ1v) is 7.67. The monoisotopic (exact) mass is 385 g/mol. The van der Waals surface area contributed by atoms with Crippen molar-refractivity contribution in [1.29, 1.82) is 0 Å². The van der Waals surface area contributed by atoms with Crippen molar-refractivity contribution in [3.05, 3.63) is 0 Å². The van der Waals surface area contributed by atoms with Gasteiger partial charge in [-0.15, -0.1) is 24.0 Å². The first-order chi connectivity index (χ1) is 8.09. The van der Waals surface area contributed by atoms with Crippen LogP contribution >= 0.6 is 35.7 Å². The Bertz CT molecular complexity index is 257. The van der Waals surface area contributed by atoms with Crippen LogP contribution in [0.3, 0.4) is 0 Å². The number of hydrogen-bond acceptors (Lipinski definition) is 2. The number of thioether (sulfide) groups is 1. The topological polar surface area (TPSA) is 27.6 Å². The van der Waals surface area contributed by atoms with E-state index in [1.54, 1.807) is 0 Å². The highest BCUT2D eigenvalue weighted by Gasteiger charge is 2.28. The summed E-state index contributed by atoms with van der Waals surface area (Å²) in [6.45, 7) is 10.1. The predicted molar refractivity (Wildman–Crippen MR) is 94.4 cm³/mol. The number of hydrogen-bond donors (Lipinski definition) is 1. The minimum atomic E-state index is 0. The molecule has 0 atom stereocenters. The number of aliphatic imine (C=N–C) groups is 1. The van der Waals surface area contributed by atoms with E-state index in [9.17, 15) is 0 Å². The van der Waals surface area contributed by atoms with Crippen molar-refractivity contribution in [1.82, 2.24) is 10.2 Å². The third-order valence-electron chi connectivity index (χ3n) is 3.00. The highest BCUT2D eigenvalue weighted by molar-refractivity contribution is 14.0. The van der Waals surface area contributed by atoms with Gasteiger partial charge in [0, 0.05) is 37.2 Å². The summed E-state index contributed by atoms with van der Waals surface area (Å²) in [5.74, 6) is 2.28. The fourth-order valence-electron chi connectivity index (χ4n) is 2.10. The van der Waals surface area contributed by atoms with Gasteiger partial charge in [-0.3, -0.25) is 4.99 Å². The second-order valence-electron chi connectivity index (χ2n) is 5.21. The van der Waals surface area contributed by atoms with Crippen LogP contribution in [0, 0.1) is 0 Å². The summed E-state index contributed by atoms with van der Waals surface area (Å²) in [6.07, 6.45) is 3.81. The van der Waals surface area contributed by atoms with Gasteiger partial charge in [-0.05, 0) is 20.3 Å². The number of rotatable bonds is 4. The molecular formula is C13H28IN3S. The van der Waals surface area contributed by atoms with Crippen LogP contribution in [0.2, 0.25) is 0 Å². The van der Waals surface area contributed by atoms with Crippen molar-refractivity contribution in [2.24, 2.45) is 4.99 Å². The zero-order valence-corrected chi connectivity index (χ0v) is 15.3. The molecule has 0 aromatic carbocycles. The lowest BCUT2D eigenvalue weighted by atomic mass is 10.2. The second kappa shape index (κ2) is 9.28. The summed E-state index contributed by atoms with van der Waals surface area (Å²) in [5.41, 5.74) is 0. The van der Waals surface area contributed by atoms with Crippen LogP contribution in [-0.4, -0.2) is 48.0 Å². The molecule has 0 amide bonds. The van der Waals surface area contributed by atoms with Crippen LogP contribution in [0.15, 0.2) is 4.99 Å². The number of halogens is 1. The lowest BCUT2D eigenvalue weighted by Crippen LogP contribution is -2.51. The average molecular weight is 385 g/mol. The van der Waals surface area contributed by atoms with Gasteiger partial charge in [0.2, 0.25) is 0 Å². The molecule has 0 unspecified atom stereocenters. The Labute approximate surface area is 134 Å². The maximum atomic E-state index is 4.40. The fraction of sp³-hybridized carbons (Fsp3) is 0.923. The molecule has 1 aliphatic rings. The molecule has 0 radical (unpaired) electrons. The fourth-order valence-corrected chi connectivity index (χ4v) is 3.22. The highest BCUT2D eigenvalue weighted by atomic mass is 127. The summed E-state index contributed by atoms with van der Waals surface area (Å²) in [6, 6.07) is 0. The molecule has 5 heteroatoms. The summed E-state index contributed by atoms with van der Waals surface area (Å²) in [7, 11) is 1.89. The van der Waals surface area contributed by atoms with Crippen LogP contribution in [0.25, 0.3) is 0 Å². The molecular weight excluding hydrogens is 357 g/mol. The number of guanidine groups is 1. The summed E-state index contributed by atoms with van der Waals surface area (Å²) < 4.78 is 0.347. The normalized spacial score (nSPS) is 19.3. The minimum absolute atomic E-state index is 0. The molecule has 0 aromatic rings. The summed E-state index contributed by atoms with van der Waals surface area (Å²) in [5, 5.41) is 3.48. The summed E-state index contributed by atoms with van der Waals surface area (Å²) in [4.78, 5) is 6.79. The molecule has 1 rings (SSSR count). The standard InChI is InChI=1S/C13H27N3S.HI/c1-5-6-7-8-15-12(14-4)16-9-10-17-13(2,3)11-16;/h5-11H2,1-4H3,(H,14,15);1H. The average Bonchev–Trinajstić information content (AvgIpc) is 2.28. The zero-order valence-electron chi connectivity index (χ0n) is 12.2. The Morgan fingerprint density at radius 3 is 2.67 bits per heavy atom. The molecule has 1 saturated heterocycles. The third kappa shape index (κ3) is 6.50. The first kappa shape index (κ1) is 18.4. The van der Waals surface area contributed by atoms with Gasteiger partial charge in [-0.25, -0.2) is 0 Å². The van der Waals surface area contributed by atoms with E-state index in [1.807, 2.05) is 7.05 Å². The Balaban J connectivity index is 0.00000289. The lowest BCUT2D eigenvalue weighted by Gasteiger charge is -2.39. The van der Waals surface area contributed by atoms with Gasteiger partial charge in [-0.2, -0.15) is 11.8 Å². The minimum Gasteiger partial charge on any atom is -0.356 e. The maximum absolute atomic E-state index is 4.40. The van der Waals surface area contributed by atoms with Crippen LogP contribution in [-0.2, 0) is 0 Å². The van der Waals surface area contributed by atoms with Crippen molar-refractivity contribution in [3.8, 4) is 0 Å². The van der Waals surface area contributed by atoms with Gasteiger partial charge in [0.25, 0.3) is 0 Å². The van der Waals surface area contributed by atoms with E-state index >= 15 is 0 Å². The predicted octanol–water partition coefficient (Wildman–Crippen LogP) is 3.20. The molecule has 1 fully saturated rings. The van der Waals surface area contributed by atoms with E-state index in [1.165, 1.54) is 25.0 Å². The molecule has 0 aromatic heterocycles. The van der Waals surface area contributed by atoms with Gasteiger partial charge in [0.05, 0.1) is 0 Å². The van der Waals surface area contributed by atoms with E-state index < -0.39 is 0 Å². The largest absolute Gasteiger partial charge is 0.356 e. The van der Waals surface area contributed by atoms with Crippen LogP contribution in [0.1, 0.15) is 40.0 Å². The molecule has 0 bridgehead atoms. The maximum Gasteiger partial charge on any atom is 0.193 e. The molecule has 0 saturated carbocycles. The zero-order chi connectivity index (χ0) is 12.7.